The molecule has 1 aromatic rings. The predicted octanol–water partition coefficient (Wildman–Crippen LogP) is 4.54. The number of alkyl halides is 12. The Hall–Kier alpha value is -1.74. The van der Waals surface area contributed by atoms with Crippen molar-refractivity contribution in [2.75, 3.05) is 0 Å². The molecule has 2 unspecified atom stereocenters. The zero-order valence-corrected chi connectivity index (χ0v) is 14.6. The van der Waals surface area contributed by atoms with Gasteiger partial charge in [-0.1, -0.05) is 0 Å². The van der Waals surface area contributed by atoms with Crippen molar-refractivity contribution in [1.29, 1.82) is 0 Å². The summed E-state index contributed by atoms with van der Waals surface area (Å²) in [5.41, 5.74) is -20.8. The van der Waals surface area contributed by atoms with Crippen LogP contribution in [0.2, 0.25) is 0 Å². The largest absolute Gasteiger partial charge is 0.430 e. The second-order valence-electron chi connectivity index (χ2n) is 6.64. The van der Waals surface area contributed by atoms with Gasteiger partial charge in [0.25, 0.3) is 5.60 Å². The Kier molecular flexibility index (Phi) is 6.03. The highest BCUT2D eigenvalue weighted by molar-refractivity contribution is 5.41. The van der Waals surface area contributed by atoms with Gasteiger partial charge in [0.2, 0.25) is 0 Å². The van der Waals surface area contributed by atoms with Crippen LogP contribution >= 0.6 is 0 Å². The Labute approximate surface area is 159 Å². The lowest BCUT2D eigenvalue weighted by Gasteiger charge is -2.36. The third-order valence-corrected chi connectivity index (χ3v) is 4.40. The molecule has 0 aliphatic carbocycles. The van der Waals surface area contributed by atoms with Gasteiger partial charge in [-0.25, -0.2) is 0 Å². The maximum atomic E-state index is 13.1. The normalized spacial score (nSPS) is 18.7. The first-order valence-electron chi connectivity index (χ1n) is 7.42. The van der Waals surface area contributed by atoms with E-state index in [1.807, 2.05) is 0 Å². The van der Waals surface area contributed by atoms with Gasteiger partial charge in [0.05, 0.1) is 0 Å². The first-order chi connectivity index (χ1) is 12.8. The van der Waals surface area contributed by atoms with Crippen LogP contribution in [0.3, 0.4) is 0 Å². The van der Waals surface area contributed by atoms with Crippen molar-refractivity contribution in [3.8, 4) is 0 Å². The van der Waals surface area contributed by atoms with Crippen molar-refractivity contribution in [3.63, 3.8) is 0 Å². The highest BCUT2D eigenvalue weighted by atomic mass is 19.4. The Bertz CT molecular complexity index is 726. The number of hydrogen-bond donors (Lipinski definition) is 3. The average molecular weight is 468 g/mol. The summed E-state index contributed by atoms with van der Waals surface area (Å²) >= 11 is 0. The standard InChI is InChI=1S/C15H12F12O3/c1-9(28,12(16,17)18)6-3-7(10(2,29)13(19,20)21)5-8(4-6)11(30,14(22,23)24)15(25,26)27/h3-5,28-30H,1-2H3. The first kappa shape index (κ1) is 26.3. The minimum absolute atomic E-state index is 0.154. The SMILES string of the molecule is CC(O)(c1cc(C(C)(O)C(F)(F)F)cc(C(O)(C(F)(F)F)C(F)(F)F)c1)C(F)(F)F. The number of hydrogen-bond acceptors (Lipinski definition) is 3. The van der Waals surface area contributed by atoms with Crippen molar-refractivity contribution in [1.82, 2.24) is 0 Å². The van der Waals surface area contributed by atoms with Crippen LogP contribution in [0.15, 0.2) is 18.2 Å². The van der Waals surface area contributed by atoms with Gasteiger partial charge in [-0.3, -0.25) is 0 Å². The lowest BCUT2D eigenvalue weighted by Crippen LogP contribution is -2.54. The average Bonchev–Trinajstić information content (AvgIpc) is 2.49. The number of halogens is 12. The lowest BCUT2D eigenvalue weighted by molar-refractivity contribution is -0.376. The van der Waals surface area contributed by atoms with Crippen LogP contribution in [0.1, 0.15) is 30.5 Å². The Morgan fingerprint density at radius 2 is 0.700 bits per heavy atom. The first-order valence-corrected chi connectivity index (χ1v) is 7.42. The number of aliphatic hydroxyl groups is 3. The second kappa shape index (κ2) is 6.88. The van der Waals surface area contributed by atoms with Crippen LogP contribution in [0, 0.1) is 0 Å². The minimum atomic E-state index is -6.66. The van der Waals surface area contributed by atoms with Crippen LogP contribution in [-0.2, 0) is 16.8 Å². The fourth-order valence-electron chi connectivity index (χ4n) is 2.21. The molecule has 2 atom stereocenters. The molecule has 0 heterocycles. The summed E-state index contributed by atoms with van der Waals surface area (Å²) in [6, 6.07) is -1.45. The Morgan fingerprint density at radius 1 is 0.467 bits per heavy atom. The molecule has 0 spiro atoms. The van der Waals surface area contributed by atoms with Gasteiger partial charge >= 0.3 is 24.7 Å². The summed E-state index contributed by atoms with van der Waals surface area (Å²) in [6.45, 7) is -0.309. The molecule has 0 fully saturated rings. The molecule has 3 nitrogen and oxygen atoms in total. The topological polar surface area (TPSA) is 60.7 Å². The molecular weight excluding hydrogens is 456 g/mol. The van der Waals surface area contributed by atoms with Crippen LogP contribution < -0.4 is 0 Å². The van der Waals surface area contributed by atoms with E-state index in [0.717, 1.165) is 0 Å². The van der Waals surface area contributed by atoms with Gasteiger partial charge < -0.3 is 15.3 Å². The molecule has 0 aromatic heterocycles. The van der Waals surface area contributed by atoms with E-state index >= 15 is 0 Å². The summed E-state index contributed by atoms with van der Waals surface area (Å²) in [5.74, 6) is 0. The van der Waals surface area contributed by atoms with E-state index in [9.17, 15) is 68.0 Å². The van der Waals surface area contributed by atoms with Gasteiger partial charge in [0, 0.05) is 5.56 Å². The minimum Gasteiger partial charge on any atom is -0.376 e. The third kappa shape index (κ3) is 4.06. The van der Waals surface area contributed by atoms with E-state index in [-0.39, 0.29) is 19.9 Å². The summed E-state index contributed by atoms with van der Waals surface area (Å²) < 4.78 is 157. The summed E-state index contributed by atoms with van der Waals surface area (Å²) in [6.07, 6.45) is -24.9. The number of rotatable bonds is 3. The van der Waals surface area contributed by atoms with Crippen LogP contribution in [0.25, 0.3) is 0 Å². The van der Waals surface area contributed by atoms with Crippen molar-refractivity contribution < 1.29 is 68.0 Å². The van der Waals surface area contributed by atoms with E-state index in [1.165, 1.54) is 0 Å². The molecule has 0 aliphatic heterocycles. The van der Waals surface area contributed by atoms with E-state index in [1.54, 1.807) is 0 Å². The Balaban J connectivity index is 4.12. The van der Waals surface area contributed by atoms with Gasteiger partial charge in [0.1, 0.15) is 0 Å². The fraction of sp³-hybridized carbons (Fsp3) is 0.600. The van der Waals surface area contributed by atoms with E-state index in [2.05, 4.69) is 0 Å². The molecule has 1 rings (SSSR count). The van der Waals surface area contributed by atoms with Gasteiger partial charge in [0.15, 0.2) is 11.2 Å². The molecule has 3 N–H and O–H groups in total. The Morgan fingerprint density at radius 3 is 0.900 bits per heavy atom. The highest BCUT2D eigenvalue weighted by Gasteiger charge is 2.72. The molecule has 0 amide bonds. The van der Waals surface area contributed by atoms with Crippen molar-refractivity contribution in [3.05, 3.63) is 34.9 Å². The molecule has 0 saturated carbocycles. The molecule has 15 heteroatoms. The smallest absolute Gasteiger partial charge is 0.376 e. The maximum Gasteiger partial charge on any atom is 0.430 e. The van der Waals surface area contributed by atoms with Gasteiger partial charge in [-0.15, -0.1) is 0 Å². The van der Waals surface area contributed by atoms with E-state index in [4.69, 9.17) is 0 Å². The summed E-state index contributed by atoms with van der Waals surface area (Å²) in [4.78, 5) is 0. The van der Waals surface area contributed by atoms with Crippen LogP contribution in [0.5, 0.6) is 0 Å². The number of benzene rings is 1. The summed E-state index contributed by atoms with van der Waals surface area (Å²) in [7, 11) is 0. The van der Waals surface area contributed by atoms with Crippen molar-refractivity contribution in [2.45, 2.75) is 55.4 Å². The lowest BCUT2D eigenvalue weighted by atomic mass is 9.82. The quantitative estimate of drug-likeness (QED) is 0.572. The van der Waals surface area contributed by atoms with Crippen LogP contribution in [0.4, 0.5) is 52.7 Å². The molecule has 1 aromatic carbocycles. The maximum absolute atomic E-state index is 13.1. The molecule has 174 valence electrons. The van der Waals surface area contributed by atoms with Gasteiger partial charge in [-0.2, -0.15) is 52.7 Å². The van der Waals surface area contributed by atoms with Gasteiger partial charge in [-0.05, 0) is 43.2 Å². The van der Waals surface area contributed by atoms with E-state index < -0.39 is 70.3 Å². The predicted molar refractivity (Wildman–Crippen MR) is 73.7 cm³/mol. The fourth-order valence-corrected chi connectivity index (χ4v) is 2.21. The van der Waals surface area contributed by atoms with Crippen molar-refractivity contribution in [2.24, 2.45) is 0 Å². The van der Waals surface area contributed by atoms with Crippen molar-refractivity contribution >= 4 is 0 Å². The highest BCUT2D eigenvalue weighted by Crippen LogP contribution is 2.52. The third-order valence-electron chi connectivity index (χ3n) is 4.40. The molecule has 0 radical (unpaired) electrons. The molecule has 0 aliphatic rings. The zero-order valence-electron chi connectivity index (χ0n) is 14.6. The molecule has 0 bridgehead atoms. The van der Waals surface area contributed by atoms with E-state index in [0.29, 0.717) is 0 Å². The molecule has 30 heavy (non-hydrogen) atoms. The molecule has 0 saturated heterocycles. The van der Waals surface area contributed by atoms with Crippen LogP contribution in [-0.4, -0.2) is 40.0 Å². The zero-order chi connectivity index (χ0) is 24.4. The summed E-state index contributed by atoms with van der Waals surface area (Å²) in [5, 5.41) is 28.5. The monoisotopic (exact) mass is 468 g/mol. The second-order valence-corrected chi connectivity index (χ2v) is 6.64. The molecular formula is C15H12F12O3.